The molecular weight excluding hydrogens is 319 g/mol. The Kier molecular flexibility index (Phi) is 4.42. The molecule has 0 aliphatic heterocycles. The Balaban J connectivity index is 1.64. The van der Waals surface area contributed by atoms with Crippen LogP contribution in [0.4, 0.5) is 4.39 Å². The normalized spacial score (nSPS) is 10.8. The highest BCUT2D eigenvalue weighted by Gasteiger charge is 2.08. The average molecular weight is 332 g/mol. The van der Waals surface area contributed by atoms with E-state index in [1.54, 1.807) is 0 Å². The highest BCUT2D eigenvalue weighted by atomic mass is 32.1. The van der Waals surface area contributed by atoms with Gasteiger partial charge in [0, 0.05) is 11.4 Å². The van der Waals surface area contributed by atoms with E-state index in [2.05, 4.69) is 15.6 Å². The van der Waals surface area contributed by atoms with Crippen molar-refractivity contribution < 1.29 is 9.18 Å². The van der Waals surface area contributed by atoms with E-state index in [4.69, 9.17) is 0 Å². The molecule has 118 valence electrons. The van der Waals surface area contributed by atoms with Gasteiger partial charge in [-0.05, 0) is 29.6 Å². The number of hydrogen-bond acceptors (Lipinski definition) is 5. The lowest BCUT2D eigenvalue weighted by Crippen LogP contribution is -2.33. The van der Waals surface area contributed by atoms with Crippen molar-refractivity contribution in [2.75, 3.05) is 6.54 Å². The number of hydrogen-bond donors (Lipinski definition) is 1. The Morgan fingerprint density at radius 1 is 1.35 bits per heavy atom. The van der Waals surface area contributed by atoms with Crippen molar-refractivity contribution in [2.45, 2.75) is 13.0 Å². The van der Waals surface area contributed by atoms with Crippen LogP contribution < -0.4 is 10.9 Å². The molecule has 0 saturated carbocycles. The van der Waals surface area contributed by atoms with Crippen LogP contribution in [0.2, 0.25) is 0 Å². The first-order chi connectivity index (χ1) is 11.1. The van der Waals surface area contributed by atoms with Gasteiger partial charge in [-0.1, -0.05) is 11.3 Å². The van der Waals surface area contributed by atoms with Crippen LogP contribution in [0.1, 0.15) is 4.88 Å². The first-order valence-electron chi connectivity index (χ1n) is 6.95. The molecule has 1 amide bonds. The molecule has 0 saturated heterocycles. The first kappa shape index (κ1) is 15.3. The summed E-state index contributed by atoms with van der Waals surface area (Å²) in [7, 11) is 0. The minimum absolute atomic E-state index is 0.125. The predicted molar refractivity (Wildman–Crippen MR) is 84.8 cm³/mol. The van der Waals surface area contributed by atoms with Crippen LogP contribution >= 0.6 is 11.3 Å². The summed E-state index contributed by atoms with van der Waals surface area (Å²) in [5, 5.41) is 12.5. The summed E-state index contributed by atoms with van der Waals surface area (Å²) in [6.07, 6.45) is 0.307. The van der Waals surface area contributed by atoms with Gasteiger partial charge in [0.2, 0.25) is 5.91 Å². The Labute approximate surface area is 134 Å². The minimum atomic E-state index is -0.501. The van der Waals surface area contributed by atoms with Gasteiger partial charge in [0.1, 0.15) is 11.3 Å². The third kappa shape index (κ3) is 3.59. The fourth-order valence-electron chi connectivity index (χ4n) is 2.13. The van der Waals surface area contributed by atoms with E-state index in [9.17, 15) is 14.0 Å². The second kappa shape index (κ2) is 6.66. The summed E-state index contributed by atoms with van der Waals surface area (Å²) in [6, 6.07) is 7.55. The van der Waals surface area contributed by atoms with Gasteiger partial charge in [-0.25, -0.2) is 9.07 Å². The van der Waals surface area contributed by atoms with Gasteiger partial charge in [0.15, 0.2) is 0 Å². The van der Waals surface area contributed by atoms with Crippen LogP contribution in [-0.2, 0) is 17.8 Å². The van der Waals surface area contributed by atoms with Crippen LogP contribution in [0.3, 0.4) is 0 Å². The molecule has 1 aromatic carbocycles. The summed E-state index contributed by atoms with van der Waals surface area (Å²) in [6.45, 7) is 0.425. The zero-order valence-corrected chi connectivity index (χ0v) is 12.8. The molecule has 1 N–H and O–H groups in total. The number of aromatic nitrogens is 3. The van der Waals surface area contributed by atoms with E-state index in [0.717, 1.165) is 15.6 Å². The Hall–Kier alpha value is -2.61. The van der Waals surface area contributed by atoms with Gasteiger partial charge in [0.05, 0.1) is 18.4 Å². The molecule has 2 heterocycles. The van der Waals surface area contributed by atoms with Gasteiger partial charge in [0.25, 0.3) is 5.56 Å². The highest BCUT2D eigenvalue weighted by molar-refractivity contribution is 7.10. The van der Waals surface area contributed by atoms with Crippen molar-refractivity contribution in [3.63, 3.8) is 0 Å². The molecule has 3 rings (SSSR count). The van der Waals surface area contributed by atoms with E-state index in [0.29, 0.717) is 11.9 Å². The number of fused-ring (bicyclic) bond motifs is 1. The topological polar surface area (TPSA) is 76.9 Å². The second-order valence-electron chi connectivity index (χ2n) is 4.89. The Bertz CT molecular complexity index is 892. The van der Waals surface area contributed by atoms with E-state index in [-0.39, 0.29) is 24.4 Å². The summed E-state index contributed by atoms with van der Waals surface area (Å²) in [5.74, 6) is -0.626. The third-order valence-electron chi connectivity index (χ3n) is 3.24. The number of nitrogens with zero attached hydrogens (tertiary/aromatic N) is 3. The third-order valence-corrected chi connectivity index (χ3v) is 4.12. The van der Waals surface area contributed by atoms with Crippen LogP contribution in [0, 0.1) is 5.82 Å². The lowest BCUT2D eigenvalue weighted by atomic mass is 10.2. The monoisotopic (exact) mass is 332 g/mol. The molecule has 0 aliphatic rings. The molecule has 0 aliphatic carbocycles. The Morgan fingerprint density at radius 3 is 3.00 bits per heavy atom. The largest absolute Gasteiger partial charge is 0.354 e. The smallest absolute Gasteiger partial charge is 0.277 e. The number of carbonyl (C=O) groups is 1. The van der Waals surface area contributed by atoms with Gasteiger partial charge < -0.3 is 5.32 Å². The number of benzene rings is 1. The van der Waals surface area contributed by atoms with Crippen LogP contribution in [-0.4, -0.2) is 27.4 Å². The number of amides is 1. The van der Waals surface area contributed by atoms with Crippen LogP contribution in [0.25, 0.3) is 10.9 Å². The molecule has 6 nitrogen and oxygen atoms in total. The number of carbonyl (C=O) groups excluding carboxylic acids is 1. The van der Waals surface area contributed by atoms with Crippen molar-refractivity contribution in [1.82, 2.24) is 20.3 Å². The molecular formula is C15H13FN4O2S. The molecule has 0 atom stereocenters. The van der Waals surface area contributed by atoms with Gasteiger partial charge >= 0.3 is 0 Å². The Morgan fingerprint density at radius 2 is 2.22 bits per heavy atom. The second-order valence-corrected chi connectivity index (χ2v) is 5.92. The standard InChI is InChI=1S/C15H13FN4O2S/c16-10-3-4-13-12(8-10)15(22)20(19-18-13)6-5-17-14(21)9-11-2-1-7-23-11/h1-4,7-8H,5-6,9H2,(H,17,21). The maximum absolute atomic E-state index is 13.2. The maximum Gasteiger partial charge on any atom is 0.277 e. The zero-order valence-electron chi connectivity index (χ0n) is 12.0. The van der Waals surface area contributed by atoms with E-state index in [1.165, 1.54) is 23.5 Å². The van der Waals surface area contributed by atoms with Crippen molar-refractivity contribution in [2.24, 2.45) is 0 Å². The minimum Gasteiger partial charge on any atom is -0.354 e. The molecule has 0 radical (unpaired) electrons. The first-order valence-corrected chi connectivity index (χ1v) is 7.83. The molecule has 2 aromatic heterocycles. The van der Waals surface area contributed by atoms with E-state index in [1.807, 2.05) is 17.5 Å². The molecule has 23 heavy (non-hydrogen) atoms. The maximum atomic E-state index is 13.2. The molecule has 0 spiro atoms. The highest BCUT2D eigenvalue weighted by Crippen LogP contribution is 2.09. The predicted octanol–water partition coefficient (Wildman–Crippen LogP) is 1.35. The van der Waals surface area contributed by atoms with E-state index >= 15 is 0 Å². The lowest BCUT2D eigenvalue weighted by molar-refractivity contribution is -0.120. The summed E-state index contributed by atoms with van der Waals surface area (Å²) in [5.41, 5.74) is -0.0867. The average Bonchev–Trinajstić information content (AvgIpc) is 3.03. The molecule has 0 unspecified atom stereocenters. The molecule has 3 aromatic rings. The molecule has 8 heteroatoms. The van der Waals surface area contributed by atoms with Crippen molar-refractivity contribution >= 4 is 28.1 Å². The summed E-state index contributed by atoms with van der Waals surface area (Å²) >= 11 is 1.51. The van der Waals surface area contributed by atoms with Crippen molar-refractivity contribution in [1.29, 1.82) is 0 Å². The van der Waals surface area contributed by atoms with Gasteiger partial charge in [-0.2, -0.15) is 0 Å². The fourth-order valence-corrected chi connectivity index (χ4v) is 2.83. The zero-order chi connectivity index (χ0) is 16.2. The number of thiophene rings is 1. The van der Waals surface area contributed by atoms with Crippen LogP contribution in [0.15, 0.2) is 40.5 Å². The van der Waals surface area contributed by atoms with E-state index < -0.39 is 11.4 Å². The summed E-state index contributed by atoms with van der Waals surface area (Å²) < 4.78 is 14.4. The quantitative estimate of drug-likeness (QED) is 0.765. The summed E-state index contributed by atoms with van der Waals surface area (Å²) in [4.78, 5) is 24.9. The van der Waals surface area contributed by atoms with Crippen LogP contribution in [0.5, 0.6) is 0 Å². The van der Waals surface area contributed by atoms with Gasteiger partial charge in [-0.3, -0.25) is 9.59 Å². The lowest BCUT2D eigenvalue weighted by Gasteiger charge is -2.06. The van der Waals surface area contributed by atoms with Crippen molar-refractivity contribution in [3.05, 3.63) is 56.8 Å². The molecule has 0 bridgehead atoms. The number of nitrogens with one attached hydrogen (secondary N) is 1. The molecule has 0 fully saturated rings. The number of halogens is 1. The van der Waals surface area contributed by atoms with Crippen molar-refractivity contribution in [3.8, 4) is 0 Å². The fraction of sp³-hybridized carbons (Fsp3) is 0.200. The van der Waals surface area contributed by atoms with Gasteiger partial charge in [-0.15, -0.1) is 16.4 Å². The SMILES string of the molecule is O=C(Cc1cccs1)NCCn1nnc2ccc(F)cc2c1=O. The number of rotatable bonds is 5.